The third-order valence-corrected chi connectivity index (χ3v) is 5.75. The Kier molecular flexibility index (Phi) is 5.02. The fourth-order valence-electron chi connectivity index (χ4n) is 4.35. The topological polar surface area (TPSA) is 79.7 Å². The van der Waals surface area contributed by atoms with Crippen molar-refractivity contribution in [1.29, 1.82) is 0 Å². The Morgan fingerprint density at radius 1 is 1.24 bits per heavy atom. The van der Waals surface area contributed by atoms with E-state index in [0.717, 1.165) is 41.8 Å². The van der Waals surface area contributed by atoms with Gasteiger partial charge < -0.3 is 4.98 Å². The summed E-state index contributed by atoms with van der Waals surface area (Å²) in [5.74, 6) is 1.30. The fraction of sp³-hybridized carbons (Fsp3) is 0.545. The summed E-state index contributed by atoms with van der Waals surface area (Å²) < 4.78 is 1.86. The first-order chi connectivity index (χ1) is 13.7. The zero-order valence-electron chi connectivity index (χ0n) is 17.9. The number of piperidine rings is 1. The monoisotopic (exact) mass is 394 g/mol. The summed E-state index contributed by atoms with van der Waals surface area (Å²) in [6.07, 6.45) is 2.32. The van der Waals surface area contributed by atoms with Crippen LogP contribution in [0.4, 0.5) is 0 Å². The number of aromatic amines is 1. The van der Waals surface area contributed by atoms with E-state index in [1.54, 1.807) is 0 Å². The molecular formula is C22H30N6O. The van der Waals surface area contributed by atoms with Gasteiger partial charge in [-0.2, -0.15) is 0 Å². The van der Waals surface area contributed by atoms with E-state index in [0.29, 0.717) is 11.5 Å². The van der Waals surface area contributed by atoms with Crippen LogP contribution in [0.1, 0.15) is 63.5 Å². The summed E-state index contributed by atoms with van der Waals surface area (Å²) in [5, 5.41) is 13.7. The number of benzene rings is 1. The van der Waals surface area contributed by atoms with Crippen molar-refractivity contribution < 1.29 is 0 Å². The summed E-state index contributed by atoms with van der Waals surface area (Å²) in [5.41, 5.74) is 2.37. The molecule has 7 nitrogen and oxygen atoms in total. The average Bonchev–Trinajstić information content (AvgIpc) is 3.13. The van der Waals surface area contributed by atoms with Crippen LogP contribution in [0.25, 0.3) is 10.9 Å². The number of rotatable bonds is 3. The number of tetrazole rings is 1. The van der Waals surface area contributed by atoms with E-state index < -0.39 is 0 Å². The largest absolute Gasteiger partial charge is 0.322 e. The van der Waals surface area contributed by atoms with Crippen molar-refractivity contribution >= 4 is 10.9 Å². The molecule has 1 fully saturated rings. The highest BCUT2D eigenvalue weighted by Crippen LogP contribution is 2.32. The van der Waals surface area contributed by atoms with Gasteiger partial charge in [0, 0.05) is 17.6 Å². The van der Waals surface area contributed by atoms with Gasteiger partial charge in [0.2, 0.25) is 0 Å². The van der Waals surface area contributed by atoms with E-state index >= 15 is 0 Å². The van der Waals surface area contributed by atoms with E-state index in [4.69, 9.17) is 0 Å². The Morgan fingerprint density at radius 2 is 2.03 bits per heavy atom. The molecule has 29 heavy (non-hydrogen) atoms. The molecule has 0 radical (unpaired) electrons. The molecule has 3 aromatic rings. The molecule has 0 unspecified atom stereocenters. The number of aryl methyl sites for hydroxylation is 1. The molecule has 0 saturated carbocycles. The van der Waals surface area contributed by atoms with E-state index in [2.05, 4.69) is 66.1 Å². The maximum absolute atomic E-state index is 13.2. The summed E-state index contributed by atoms with van der Waals surface area (Å²) in [6.45, 7) is 12.4. The number of hydrogen-bond acceptors (Lipinski definition) is 5. The van der Waals surface area contributed by atoms with Gasteiger partial charge in [-0.15, -0.1) is 5.10 Å². The van der Waals surface area contributed by atoms with Gasteiger partial charge in [0.25, 0.3) is 5.56 Å². The molecule has 1 aromatic carbocycles. The summed E-state index contributed by atoms with van der Waals surface area (Å²) in [4.78, 5) is 18.6. The first kappa shape index (κ1) is 19.8. The van der Waals surface area contributed by atoms with Crippen molar-refractivity contribution in [3.05, 3.63) is 51.6 Å². The second-order valence-electron chi connectivity index (χ2n) is 9.41. The van der Waals surface area contributed by atoms with Crippen molar-refractivity contribution in [1.82, 2.24) is 30.1 Å². The molecule has 4 rings (SSSR count). The van der Waals surface area contributed by atoms with Crippen molar-refractivity contribution in [2.75, 3.05) is 13.1 Å². The fourth-order valence-corrected chi connectivity index (χ4v) is 4.35. The van der Waals surface area contributed by atoms with Crippen molar-refractivity contribution in [2.24, 2.45) is 5.92 Å². The number of hydrogen-bond donors (Lipinski definition) is 1. The van der Waals surface area contributed by atoms with Gasteiger partial charge in [-0.3, -0.25) is 9.69 Å². The van der Waals surface area contributed by atoms with Gasteiger partial charge in [0.1, 0.15) is 6.04 Å². The minimum Gasteiger partial charge on any atom is -0.322 e. The lowest BCUT2D eigenvalue weighted by molar-refractivity contribution is 0.137. The molecule has 7 heteroatoms. The Hall–Kier alpha value is -2.54. The highest BCUT2D eigenvalue weighted by Gasteiger charge is 2.34. The van der Waals surface area contributed by atoms with E-state index in [-0.39, 0.29) is 17.1 Å². The number of pyridine rings is 1. The van der Waals surface area contributed by atoms with E-state index in [1.807, 2.05) is 22.9 Å². The minimum absolute atomic E-state index is 0.0759. The number of H-pyrrole nitrogens is 1. The van der Waals surface area contributed by atoms with Crippen LogP contribution >= 0.6 is 0 Å². The quantitative estimate of drug-likeness (QED) is 0.736. The Bertz CT molecular complexity index is 1080. The first-order valence-corrected chi connectivity index (χ1v) is 10.4. The Balaban J connectivity index is 1.92. The van der Waals surface area contributed by atoms with Crippen LogP contribution in [0.5, 0.6) is 0 Å². The number of fused-ring (bicyclic) bond motifs is 1. The summed E-state index contributed by atoms with van der Waals surface area (Å²) >= 11 is 0. The smallest absolute Gasteiger partial charge is 0.253 e. The lowest BCUT2D eigenvalue weighted by atomic mass is 9.95. The van der Waals surface area contributed by atoms with E-state index in [9.17, 15) is 4.79 Å². The number of nitrogens with one attached hydrogen (secondary N) is 1. The molecule has 0 bridgehead atoms. The molecule has 1 aliphatic rings. The molecule has 1 saturated heterocycles. The molecule has 1 N–H and O–H groups in total. The van der Waals surface area contributed by atoms with Crippen LogP contribution in [0.2, 0.25) is 0 Å². The second kappa shape index (κ2) is 7.37. The molecule has 154 valence electrons. The van der Waals surface area contributed by atoms with Crippen molar-refractivity contribution in [3.63, 3.8) is 0 Å². The van der Waals surface area contributed by atoms with Gasteiger partial charge in [-0.25, -0.2) is 4.68 Å². The molecule has 2 atom stereocenters. The van der Waals surface area contributed by atoms with Crippen molar-refractivity contribution in [3.8, 4) is 0 Å². The van der Waals surface area contributed by atoms with Gasteiger partial charge in [0.05, 0.1) is 5.54 Å². The molecule has 0 spiro atoms. The van der Waals surface area contributed by atoms with Crippen LogP contribution in [0.3, 0.4) is 0 Å². The van der Waals surface area contributed by atoms with Gasteiger partial charge in [0.15, 0.2) is 5.82 Å². The lowest BCUT2D eigenvalue weighted by Gasteiger charge is -2.37. The molecule has 1 aliphatic heterocycles. The van der Waals surface area contributed by atoms with E-state index in [1.165, 1.54) is 6.42 Å². The third kappa shape index (κ3) is 3.83. The normalized spacial score (nSPS) is 19.6. The Morgan fingerprint density at radius 3 is 2.76 bits per heavy atom. The van der Waals surface area contributed by atoms with Crippen LogP contribution in [0.15, 0.2) is 29.1 Å². The predicted octanol–water partition coefficient (Wildman–Crippen LogP) is 3.40. The maximum Gasteiger partial charge on any atom is 0.253 e. The SMILES string of the molecule is Cc1ccc2[nH]c(=O)c([C@@H](c3nnnn3C(C)(C)C)N3CCC[C@H](C)C3)cc2c1. The highest BCUT2D eigenvalue weighted by atomic mass is 16.1. The zero-order valence-corrected chi connectivity index (χ0v) is 17.9. The van der Waals surface area contributed by atoms with Gasteiger partial charge >= 0.3 is 0 Å². The molecule has 3 heterocycles. The summed E-state index contributed by atoms with van der Waals surface area (Å²) in [7, 11) is 0. The number of likely N-dealkylation sites (tertiary alicyclic amines) is 1. The van der Waals surface area contributed by atoms with Crippen molar-refractivity contribution in [2.45, 2.75) is 59.0 Å². The van der Waals surface area contributed by atoms with Crippen LogP contribution in [-0.2, 0) is 5.54 Å². The second-order valence-corrected chi connectivity index (χ2v) is 9.41. The lowest BCUT2D eigenvalue weighted by Crippen LogP contribution is -2.42. The highest BCUT2D eigenvalue weighted by molar-refractivity contribution is 5.79. The summed E-state index contributed by atoms with van der Waals surface area (Å²) in [6, 6.07) is 7.83. The average molecular weight is 395 g/mol. The standard InChI is InChI=1S/C22H30N6O/c1-14-8-9-18-16(11-14)12-17(21(29)23-18)19(27-10-6-7-15(2)13-27)20-24-25-26-28(20)22(3,4)5/h8-9,11-12,15,19H,6-7,10,13H2,1-5H3,(H,23,29)/t15-,19-/m0/s1. The number of nitrogens with zero attached hydrogens (tertiary/aromatic N) is 5. The van der Waals surface area contributed by atoms with Crippen LogP contribution < -0.4 is 5.56 Å². The zero-order chi connectivity index (χ0) is 20.8. The first-order valence-electron chi connectivity index (χ1n) is 10.4. The predicted molar refractivity (Wildman–Crippen MR) is 114 cm³/mol. The van der Waals surface area contributed by atoms with Gasteiger partial charge in [-0.05, 0) is 87.0 Å². The number of aromatic nitrogens is 5. The third-order valence-electron chi connectivity index (χ3n) is 5.75. The molecular weight excluding hydrogens is 364 g/mol. The minimum atomic E-state index is -0.279. The van der Waals surface area contributed by atoms with Crippen LogP contribution in [0, 0.1) is 12.8 Å². The van der Waals surface area contributed by atoms with Crippen LogP contribution in [-0.4, -0.2) is 43.2 Å². The molecule has 0 amide bonds. The molecule has 2 aromatic heterocycles. The maximum atomic E-state index is 13.2. The van der Waals surface area contributed by atoms with Gasteiger partial charge in [-0.1, -0.05) is 18.6 Å². The Labute approximate surface area is 171 Å². The molecule has 0 aliphatic carbocycles.